The van der Waals surface area contributed by atoms with Gasteiger partial charge in [0.1, 0.15) is 5.69 Å². The Morgan fingerprint density at radius 1 is 0.833 bits per heavy atom. The lowest BCUT2D eigenvalue weighted by atomic mass is 10.0. The number of anilines is 1. The lowest BCUT2D eigenvalue weighted by Gasteiger charge is -2.33. The van der Waals surface area contributed by atoms with Crippen LogP contribution in [0.2, 0.25) is 5.02 Å². The van der Waals surface area contributed by atoms with E-state index in [4.69, 9.17) is 11.6 Å². The zero-order valence-corrected chi connectivity index (χ0v) is 14.4. The minimum Gasteiger partial charge on any atom is -0.352 e. The molecule has 0 spiro atoms. The van der Waals surface area contributed by atoms with Gasteiger partial charge in [-0.1, -0.05) is 54.1 Å². The third kappa shape index (κ3) is 2.72. The molecule has 1 aliphatic rings. The normalized spacial score (nSPS) is 15.8. The van der Waals surface area contributed by atoms with E-state index in [0.29, 0.717) is 5.02 Å². The molecule has 1 fully saturated rings. The van der Waals surface area contributed by atoms with Gasteiger partial charge in [0, 0.05) is 42.5 Å². The third-order valence-corrected chi connectivity index (χ3v) is 4.93. The molecule has 122 valence electrons. The van der Waals surface area contributed by atoms with E-state index in [1.165, 1.54) is 0 Å². The van der Waals surface area contributed by atoms with Crippen molar-refractivity contribution < 1.29 is 0 Å². The Hall–Kier alpha value is -2.17. The first-order chi connectivity index (χ1) is 11.7. The molecule has 5 heteroatoms. The van der Waals surface area contributed by atoms with E-state index in [1.807, 2.05) is 30.3 Å². The zero-order valence-electron chi connectivity index (χ0n) is 13.6. The Labute approximate surface area is 146 Å². The van der Waals surface area contributed by atoms with E-state index in [0.717, 1.165) is 54.0 Å². The van der Waals surface area contributed by atoms with Gasteiger partial charge in [0.15, 0.2) is 5.82 Å². The highest BCUT2D eigenvalue weighted by Crippen LogP contribution is 2.34. The van der Waals surface area contributed by atoms with Crippen LogP contribution in [0.4, 0.5) is 5.82 Å². The molecule has 2 aromatic carbocycles. The molecule has 0 unspecified atom stereocenters. The summed E-state index contributed by atoms with van der Waals surface area (Å²) in [6.07, 6.45) is 0. The smallest absolute Gasteiger partial charge is 0.159 e. The number of halogens is 1. The van der Waals surface area contributed by atoms with Gasteiger partial charge in [-0.15, -0.1) is 10.2 Å². The minimum absolute atomic E-state index is 0.698. The minimum atomic E-state index is 0.698. The summed E-state index contributed by atoms with van der Waals surface area (Å²) in [5.74, 6) is 0.967. The molecule has 0 saturated carbocycles. The van der Waals surface area contributed by atoms with Crippen molar-refractivity contribution in [3.8, 4) is 11.3 Å². The number of aromatic nitrogens is 2. The Morgan fingerprint density at radius 3 is 2.25 bits per heavy atom. The summed E-state index contributed by atoms with van der Waals surface area (Å²) in [6.45, 7) is 4.03. The van der Waals surface area contributed by atoms with Crippen LogP contribution < -0.4 is 4.90 Å². The van der Waals surface area contributed by atoms with Gasteiger partial charge in [0.05, 0.1) is 5.02 Å². The quantitative estimate of drug-likeness (QED) is 0.713. The largest absolute Gasteiger partial charge is 0.352 e. The van der Waals surface area contributed by atoms with E-state index < -0.39 is 0 Å². The maximum atomic E-state index is 6.38. The van der Waals surface area contributed by atoms with Crippen LogP contribution in [0, 0.1) is 0 Å². The number of likely N-dealkylation sites (N-methyl/N-ethyl adjacent to an activating group) is 1. The van der Waals surface area contributed by atoms with E-state index in [1.54, 1.807) is 0 Å². The molecule has 0 radical (unpaired) electrons. The van der Waals surface area contributed by atoms with Gasteiger partial charge in [-0.05, 0) is 13.1 Å². The van der Waals surface area contributed by atoms with Gasteiger partial charge in [-0.25, -0.2) is 0 Å². The topological polar surface area (TPSA) is 32.3 Å². The zero-order chi connectivity index (χ0) is 16.5. The molecule has 1 aliphatic heterocycles. The first kappa shape index (κ1) is 15.4. The highest BCUT2D eigenvalue weighted by molar-refractivity contribution is 6.33. The molecule has 4 nitrogen and oxygen atoms in total. The number of hydrogen-bond acceptors (Lipinski definition) is 4. The molecule has 24 heavy (non-hydrogen) atoms. The molecule has 0 atom stereocenters. The van der Waals surface area contributed by atoms with Crippen molar-refractivity contribution in [1.29, 1.82) is 0 Å². The van der Waals surface area contributed by atoms with Gasteiger partial charge in [0.25, 0.3) is 0 Å². The maximum Gasteiger partial charge on any atom is 0.159 e. The summed E-state index contributed by atoms with van der Waals surface area (Å²) < 4.78 is 0. The molecule has 1 saturated heterocycles. The molecule has 0 aliphatic carbocycles. The van der Waals surface area contributed by atoms with E-state index in [2.05, 4.69) is 45.2 Å². The number of piperazine rings is 1. The second-order valence-electron chi connectivity index (χ2n) is 6.19. The van der Waals surface area contributed by atoms with Gasteiger partial charge in [-0.2, -0.15) is 0 Å². The van der Waals surface area contributed by atoms with E-state index in [9.17, 15) is 0 Å². The molecular formula is C19H19ClN4. The Bertz CT molecular complexity index is 872. The van der Waals surface area contributed by atoms with Crippen LogP contribution in [-0.4, -0.2) is 48.3 Å². The van der Waals surface area contributed by atoms with Gasteiger partial charge in [-0.3, -0.25) is 0 Å². The van der Waals surface area contributed by atoms with Crippen LogP contribution in [0.5, 0.6) is 0 Å². The van der Waals surface area contributed by atoms with Crippen molar-refractivity contribution in [1.82, 2.24) is 15.1 Å². The molecular weight excluding hydrogens is 320 g/mol. The standard InChI is InChI=1S/C19H19ClN4/c1-23-10-12-24(13-11-23)19-15-7-3-2-6-14(15)18(21-22-19)16-8-4-5-9-17(16)20/h2-9H,10-13H2,1H3. The predicted octanol–water partition coefficient (Wildman–Crippen LogP) is 3.70. The number of hydrogen-bond donors (Lipinski definition) is 0. The monoisotopic (exact) mass is 338 g/mol. The van der Waals surface area contributed by atoms with Gasteiger partial charge >= 0.3 is 0 Å². The van der Waals surface area contributed by atoms with Gasteiger partial charge < -0.3 is 9.80 Å². The Morgan fingerprint density at radius 2 is 1.50 bits per heavy atom. The second-order valence-corrected chi connectivity index (χ2v) is 6.60. The number of benzene rings is 2. The van der Waals surface area contributed by atoms with Crippen LogP contribution in [0.1, 0.15) is 0 Å². The number of rotatable bonds is 2. The van der Waals surface area contributed by atoms with Crippen molar-refractivity contribution in [2.45, 2.75) is 0 Å². The predicted molar refractivity (Wildman–Crippen MR) is 99.7 cm³/mol. The average molecular weight is 339 g/mol. The fraction of sp³-hybridized carbons (Fsp3) is 0.263. The Balaban J connectivity index is 1.85. The summed E-state index contributed by atoms with van der Waals surface area (Å²) in [5, 5.41) is 12.0. The summed E-state index contributed by atoms with van der Waals surface area (Å²) in [4.78, 5) is 4.66. The van der Waals surface area contributed by atoms with Crippen LogP contribution in [0.3, 0.4) is 0 Å². The number of nitrogens with zero attached hydrogens (tertiary/aromatic N) is 4. The van der Waals surface area contributed by atoms with Crippen molar-refractivity contribution >= 4 is 28.2 Å². The van der Waals surface area contributed by atoms with Crippen molar-refractivity contribution in [2.24, 2.45) is 0 Å². The van der Waals surface area contributed by atoms with Crippen molar-refractivity contribution in [3.63, 3.8) is 0 Å². The van der Waals surface area contributed by atoms with Gasteiger partial charge in [0.2, 0.25) is 0 Å². The first-order valence-electron chi connectivity index (χ1n) is 8.18. The average Bonchev–Trinajstić information content (AvgIpc) is 2.62. The van der Waals surface area contributed by atoms with E-state index >= 15 is 0 Å². The molecule has 4 rings (SSSR count). The molecule has 2 heterocycles. The molecule has 0 N–H and O–H groups in total. The van der Waals surface area contributed by atoms with Crippen LogP contribution in [-0.2, 0) is 0 Å². The highest BCUT2D eigenvalue weighted by Gasteiger charge is 2.20. The van der Waals surface area contributed by atoms with Crippen molar-refractivity contribution in [3.05, 3.63) is 53.6 Å². The molecule has 0 amide bonds. The summed E-state index contributed by atoms with van der Waals surface area (Å²) in [5.41, 5.74) is 1.77. The SMILES string of the molecule is CN1CCN(c2nnc(-c3ccccc3Cl)c3ccccc23)CC1. The summed E-state index contributed by atoms with van der Waals surface area (Å²) in [6, 6.07) is 16.1. The van der Waals surface area contributed by atoms with Crippen LogP contribution >= 0.6 is 11.6 Å². The Kier molecular flexibility index (Phi) is 4.08. The van der Waals surface area contributed by atoms with E-state index in [-0.39, 0.29) is 0 Å². The molecule has 1 aromatic heterocycles. The van der Waals surface area contributed by atoms with Crippen LogP contribution in [0.15, 0.2) is 48.5 Å². The number of fused-ring (bicyclic) bond motifs is 1. The molecule has 3 aromatic rings. The fourth-order valence-corrected chi connectivity index (χ4v) is 3.42. The maximum absolute atomic E-state index is 6.38. The lowest BCUT2D eigenvalue weighted by Crippen LogP contribution is -2.45. The highest BCUT2D eigenvalue weighted by atomic mass is 35.5. The third-order valence-electron chi connectivity index (χ3n) is 4.60. The molecule has 0 bridgehead atoms. The fourth-order valence-electron chi connectivity index (χ4n) is 3.19. The second kappa shape index (κ2) is 6.38. The lowest BCUT2D eigenvalue weighted by molar-refractivity contribution is 0.312. The first-order valence-corrected chi connectivity index (χ1v) is 8.55. The van der Waals surface area contributed by atoms with Crippen LogP contribution in [0.25, 0.3) is 22.0 Å². The summed E-state index contributed by atoms with van der Waals surface area (Å²) >= 11 is 6.38. The summed E-state index contributed by atoms with van der Waals surface area (Å²) in [7, 11) is 2.15. The van der Waals surface area contributed by atoms with Crippen molar-refractivity contribution in [2.75, 3.05) is 38.1 Å².